The number of rotatable bonds is 4. The predicted molar refractivity (Wildman–Crippen MR) is 74.3 cm³/mol. The fourth-order valence-corrected chi connectivity index (χ4v) is 1.58. The minimum absolute atomic E-state index is 0.479. The van der Waals surface area contributed by atoms with E-state index >= 15 is 0 Å². The Kier molecular flexibility index (Phi) is 5.13. The first-order valence-electron chi connectivity index (χ1n) is 5.63. The van der Waals surface area contributed by atoms with Gasteiger partial charge in [0.1, 0.15) is 11.3 Å². The van der Waals surface area contributed by atoms with E-state index in [1.165, 1.54) is 0 Å². The maximum Gasteiger partial charge on any atom is 0.204 e. The molecule has 0 heterocycles. The van der Waals surface area contributed by atoms with Crippen molar-refractivity contribution in [3.05, 3.63) is 23.8 Å². The molecule has 102 valence electrons. The zero-order chi connectivity index (χ0) is 14.4. The Labute approximate surface area is 113 Å². The number of hydrogen-bond donors (Lipinski definition) is 0. The highest BCUT2D eigenvalue weighted by Gasteiger charge is 2.20. The summed E-state index contributed by atoms with van der Waals surface area (Å²) in [5, 5.41) is 0. The van der Waals surface area contributed by atoms with Gasteiger partial charge in [-0.15, -0.1) is 0 Å². The Morgan fingerprint density at radius 1 is 0.947 bits per heavy atom. The summed E-state index contributed by atoms with van der Waals surface area (Å²) in [6.45, 7) is 5.57. The van der Waals surface area contributed by atoms with Crippen LogP contribution < -0.4 is 18.9 Å². The van der Waals surface area contributed by atoms with E-state index in [1.807, 2.05) is 6.92 Å². The Balaban J connectivity index is 3.59. The van der Waals surface area contributed by atoms with Crippen LogP contribution >= 0.6 is 0 Å². The molecule has 0 aliphatic heterocycles. The average molecular weight is 262 g/mol. The molecule has 1 aromatic carbocycles. The normalized spacial score (nSPS) is 9.11. The molecule has 0 unspecified atom stereocenters. The molecule has 0 aliphatic rings. The minimum atomic E-state index is 0.479. The maximum atomic E-state index is 5.37. The van der Waals surface area contributed by atoms with Crippen LogP contribution in [0.3, 0.4) is 0 Å². The quantitative estimate of drug-likeness (QED) is 0.782. The van der Waals surface area contributed by atoms with Gasteiger partial charge in [-0.25, -0.2) is 0 Å². The Hall–Kier alpha value is -2.28. The lowest BCUT2D eigenvalue weighted by molar-refractivity contribution is 0.317. The third-order valence-electron chi connectivity index (χ3n) is 2.41. The van der Waals surface area contributed by atoms with Crippen molar-refractivity contribution in [2.45, 2.75) is 6.92 Å². The van der Waals surface area contributed by atoms with Gasteiger partial charge in [-0.3, -0.25) is 0 Å². The first-order valence-corrected chi connectivity index (χ1v) is 5.63. The molecule has 4 heteroatoms. The monoisotopic (exact) mass is 262 g/mol. The third-order valence-corrected chi connectivity index (χ3v) is 2.41. The lowest BCUT2D eigenvalue weighted by Gasteiger charge is -2.16. The molecule has 0 spiro atoms. The van der Waals surface area contributed by atoms with Crippen molar-refractivity contribution < 1.29 is 18.9 Å². The van der Waals surface area contributed by atoms with Crippen molar-refractivity contribution in [2.75, 3.05) is 28.4 Å². The van der Waals surface area contributed by atoms with Crippen LogP contribution in [0.5, 0.6) is 23.0 Å². The number of hydrogen-bond acceptors (Lipinski definition) is 4. The lowest BCUT2D eigenvalue weighted by atomic mass is 10.1. The fraction of sp³-hybridized carbons (Fsp3) is 0.333. The van der Waals surface area contributed by atoms with Crippen LogP contribution in [0.2, 0.25) is 0 Å². The molecule has 0 amide bonds. The van der Waals surface area contributed by atoms with E-state index < -0.39 is 0 Å². The van der Waals surface area contributed by atoms with E-state index in [0.717, 1.165) is 5.57 Å². The van der Waals surface area contributed by atoms with Gasteiger partial charge >= 0.3 is 0 Å². The second-order valence-electron chi connectivity index (χ2n) is 3.75. The number of allylic oxidation sites excluding steroid dienone is 1. The third kappa shape index (κ3) is 3.14. The first kappa shape index (κ1) is 14.8. The van der Waals surface area contributed by atoms with Gasteiger partial charge < -0.3 is 18.9 Å². The van der Waals surface area contributed by atoms with Gasteiger partial charge in [0, 0.05) is 6.07 Å². The van der Waals surface area contributed by atoms with Gasteiger partial charge in [-0.1, -0.05) is 18.4 Å². The summed E-state index contributed by atoms with van der Waals surface area (Å²) < 4.78 is 21.2. The Morgan fingerprint density at radius 2 is 1.53 bits per heavy atom. The maximum absolute atomic E-state index is 5.37. The topological polar surface area (TPSA) is 36.9 Å². The van der Waals surface area contributed by atoms with Crippen molar-refractivity contribution in [1.82, 2.24) is 0 Å². The minimum Gasteiger partial charge on any atom is -0.495 e. The highest BCUT2D eigenvalue weighted by Crippen LogP contribution is 2.44. The summed E-state index contributed by atoms with van der Waals surface area (Å²) in [5.41, 5.74) is 1.35. The zero-order valence-corrected chi connectivity index (χ0v) is 11.9. The number of ether oxygens (including phenoxy) is 4. The van der Waals surface area contributed by atoms with E-state index in [1.54, 1.807) is 34.5 Å². The van der Waals surface area contributed by atoms with E-state index in [4.69, 9.17) is 18.9 Å². The van der Waals surface area contributed by atoms with Gasteiger partial charge in [0.2, 0.25) is 5.75 Å². The predicted octanol–water partition coefficient (Wildman–Crippen LogP) is 2.65. The number of methoxy groups -OCH3 is 4. The van der Waals surface area contributed by atoms with Gasteiger partial charge in [0.25, 0.3) is 0 Å². The van der Waals surface area contributed by atoms with Crippen molar-refractivity contribution in [3.8, 4) is 34.8 Å². The number of benzene rings is 1. The summed E-state index contributed by atoms with van der Waals surface area (Å²) in [6, 6.07) is 1.71. The van der Waals surface area contributed by atoms with E-state index in [-0.39, 0.29) is 0 Å². The molecule has 0 N–H and O–H groups in total. The van der Waals surface area contributed by atoms with Crippen LogP contribution in [0.1, 0.15) is 12.5 Å². The Bertz CT molecular complexity index is 535. The van der Waals surface area contributed by atoms with Crippen molar-refractivity contribution >= 4 is 0 Å². The lowest BCUT2D eigenvalue weighted by Crippen LogP contribution is -2.00. The van der Waals surface area contributed by atoms with Gasteiger partial charge in [0.15, 0.2) is 11.5 Å². The van der Waals surface area contributed by atoms with Crippen molar-refractivity contribution in [2.24, 2.45) is 0 Å². The zero-order valence-electron chi connectivity index (χ0n) is 11.9. The largest absolute Gasteiger partial charge is 0.495 e. The highest BCUT2D eigenvalue weighted by atomic mass is 16.5. The first-order chi connectivity index (χ1) is 9.08. The summed E-state index contributed by atoms with van der Waals surface area (Å²) >= 11 is 0. The molecular weight excluding hydrogens is 244 g/mol. The van der Waals surface area contributed by atoms with Gasteiger partial charge in [0.05, 0.1) is 28.4 Å². The standard InChI is InChI=1S/C15H18O4/c1-10(2)7-8-11-12(16-3)9-13(17-4)15(19-6)14(11)18-5/h9H,1H2,2-6H3. The molecule has 0 saturated carbocycles. The van der Waals surface area contributed by atoms with Crippen LogP contribution in [0.15, 0.2) is 18.2 Å². The molecule has 0 radical (unpaired) electrons. The summed E-state index contributed by atoms with van der Waals surface area (Å²) in [6.07, 6.45) is 0. The Morgan fingerprint density at radius 3 is 1.95 bits per heavy atom. The van der Waals surface area contributed by atoms with Crippen LogP contribution in [-0.4, -0.2) is 28.4 Å². The SMILES string of the molecule is C=C(C)C#Cc1c(OC)cc(OC)c(OC)c1OC. The molecule has 0 aliphatic carbocycles. The van der Waals surface area contributed by atoms with E-state index in [0.29, 0.717) is 28.6 Å². The fourth-order valence-electron chi connectivity index (χ4n) is 1.58. The molecule has 0 atom stereocenters. The van der Waals surface area contributed by atoms with Crippen LogP contribution in [0, 0.1) is 11.8 Å². The highest BCUT2D eigenvalue weighted by molar-refractivity contribution is 5.67. The molecule has 0 bridgehead atoms. The molecule has 1 rings (SSSR count). The molecule has 0 fully saturated rings. The smallest absolute Gasteiger partial charge is 0.204 e. The molecule has 0 aromatic heterocycles. The summed E-state index contributed by atoms with van der Waals surface area (Å²) in [4.78, 5) is 0. The van der Waals surface area contributed by atoms with Crippen LogP contribution in [0.4, 0.5) is 0 Å². The van der Waals surface area contributed by atoms with Gasteiger partial charge in [-0.05, 0) is 12.5 Å². The van der Waals surface area contributed by atoms with Crippen molar-refractivity contribution in [1.29, 1.82) is 0 Å². The van der Waals surface area contributed by atoms with Crippen molar-refractivity contribution in [3.63, 3.8) is 0 Å². The van der Waals surface area contributed by atoms with E-state index in [9.17, 15) is 0 Å². The molecule has 4 nitrogen and oxygen atoms in total. The molecular formula is C15H18O4. The molecule has 19 heavy (non-hydrogen) atoms. The molecule has 0 saturated heterocycles. The summed E-state index contributed by atoms with van der Waals surface area (Å²) in [7, 11) is 6.20. The van der Waals surface area contributed by atoms with Crippen LogP contribution in [-0.2, 0) is 0 Å². The van der Waals surface area contributed by atoms with Gasteiger partial charge in [-0.2, -0.15) is 0 Å². The van der Waals surface area contributed by atoms with E-state index in [2.05, 4.69) is 18.4 Å². The summed E-state index contributed by atoms with van der Waals surface area (Å²) in [5.74, 6) is 7.92. The average Bonchev–Trinajstić information content (AvgIpc) is 2.42. The van der Waals surface area contributed by atoms with Crippen LogP contribution in [0.25, 0.3) is 0 Å². The molecule has 1 aromatic rings. The second-order valence-corrected chi connectivity index (χ2v) is 3.75. The second kappa shape index (κ2) is 6.60.